The zero-order valence-electron chi connectivity index (χ0n) is 12.1. The van der Waals surface area contributed by atoms with Crippen molar-refractivity contribution >= 4 is 17.5 Å². The van der Waals surface area contributed by atoms with Crippen molar-refractivity contribution in [2.24, 2.45) is 0 Å². The molecule has 1 heterocycles. The minimum absolute atomic E-state index is 0.0778. The van der Waals surface area contributed by atoms with E-state index in [9.17, 15) is 9.59 Å². The Morgan fingerprint density at radius 3 is 2.45 bits per heavy atom. The first-order chi connectivity index (χ1) is 9.65. The largest absolute Gasteiger partial charge is 0.372 e. The van der Waals surface area contributed by atoms with Gasteiger partial charge in [-0.3, -0.25) is 9.59 Å². The lowest BCUT2D eigenvalue weighted by Crippen LogP contribution is -2.49. The second-order valence-electron chi connectivity index (χ2n) is 4.80. The topological polar surface area (TPSA) is 52.7 Å². The molecule has 0 aliphatic carbocycles. The molecule has 0 radical (unpaired) electrons. The molecule has 2 rings (SSSR count). The summed E-state index contributed by atoms with van der Waals surface area (Å²) in [6.07, 6.45) is 0. The zero-order chi connectivity index (χ0) is 14.5. The number of hydrogen-bond donors (Lipinski definition) is 1. The fourth-order valence-electron chi connectivity index (χ4n) is 2.40. The van der Waals surface area contributed by atoms with E-state index in [1.807, 2.05) is 24.3 Å². The number of carbonyl (C=O) groups is 2. The van der Waals surface area contributed by atoms with E-state index >= 15 is 0 Å². The van der Waals surface area contributed by atoms with Gasteiger partial charge < -0.3 is 15.1 Å². The quantitative estimate of drug-likeness (QED) is 0.895. The van der Waals surface area contributed by atoms with E-state index in [0.717, 1.165) is 18.8 Å². The van der Waals surface area contributed by atoms with Crippen LogP contribution in [0.5, 0.6) is 0 Å². The highest BCUT2D eigenvalue weighted by molar-refractivity contribution is 5.97. The number of amides is 2. The summed E-state index contributed by atoms with van der Waals surface area (Å²) in [5, 5.41) is 2.72. The molecule has 1 fully saturated rings. The van der Waals surface area contributed by atoms with Gasteiger partial charge in [0.1, 0.15) is 0 Å². The van der Waals surface area contributed by atoms with Gasteiger partial charge in [-0.25, -0.2) is 0 Å². The third-order valence-corrected chi connectivity index (χ3v) is 3.57. The second kappa shape index (κ2) is 6.41. The average molecular weight is 275 g/mol. The van der Waals surface area contributed by atoms with Crippen LogP contribution >= 0.6 is 0 Å². The maximum atomic E-state index is 12.3. The third kappa shape index (κ3) is 3.10. The number of benzene rings is 1. The summed E-state index contributed by atoms with van der Waals surface area (Å²) in [6, 6.07) is 7.60. The summed E-state index contributed by atoms with van der Waals surface area (Å²) < 4.78 is 0. The number of hydrogen-bond acceptors (Lipinski definition) is 3. The van der Waals surface area contributed by atoms with Crippen molar-refractivity contribution in [3.63, 3.8) is 0 Å². The van der Waals surface area contributed by atoms with Crippen molar-refractivity contribution in [1.29, 1.82) is 0 Å². The van der Waals surface area contributed by atoms with E-state index in [0.29, 0.717) is 18.7 Å². The summed E-state index contributed by atoms with van der Waals surface area (Å²) >= 11 is 0. The second-order valence-corrected chi connectivity index (χ2v) is 4.80. The van der Waals surface area contributed by atoms with Gasteiger partial charge in [0.15, 0.2) is 0 Å². The molecule has 1 aromatic carbocycles. The van der Waals surface area contributed by atoms with Crippen LogP contribution in [0.2, 0.25) is 0 Å². The molecule has 1 aliphatic heterocycles. The van der Waals surface area contributed by atoms with E-state index < -0.39 is 0 Å². The molecule has 1 saturated heterocycles. The average Bonchev–Trinajstić information content (AvgIpc) is 2.48. The van der Waals surface area contributed by atoms with Crippen LogP contribution in [0.25, 0.3) is 0 Å². The van der Waals surface area contributed by atoms with Gasteiger partial charge in [-0.05, 0) is 38.1 Å². The van der Waals surface area contributed by atoms with Crippen LogP contribution in [0.4, 0.5) is 5.69 Å². The molecule has 5 heteroatoms. The zero-order valence-corrected chi connectivity index (χ0v) is 12.1. The van der Waals surface area contributed by atoms with Gasteiger partial charge in [-0.15, -0.1) is 0 Å². The van der Waals surface area contributed by atoms with Gasteiger partial charge in [-0.2, -0.15) is 0 Å². The van der Waals surface area contributed by atoms with E-state index in [2.05, 4.69) is 24.1 Å². The van der Waals surface area contributed by atoms with Crippen molar-refractivity contribution in [1.82, 2.24) is 10.2 Å². The lowest BCUT2D eigenvalue weighted by atomic mass is 10.1. The lowest BCUT2D eigenvalue weighted by molar-refractivity contribution is -0.123. The number of piperazine rings is 1. The minimum atomic E-state index is -0.0932. The molecule has 1 aliphatic rings. The van der Waals surface area contributed by atoms with E-state index in [4.69, 9.17) is 0 Å². The molecule has 1 N–H and O–H groups in total. The van der Waals surface area contributed by atoms with E-state index in [1.165, 1.54) is 0 Å². The summed E-state index contributed by atoms with van der Waals surface area (Å²) in [4.78, 5) is 27.4. The Labute approximate surface area is 119 Å². The standard InChI is InChI=1S/C15H21N3O2/c1-3-17(4-2)13-7-5-12(6-8-13)15(20)18-10-9-16-14(19)11-18/h5-8H,3-4,9-11H2,1-2H3,(H,16,19). The Balaban J connectivity index is 2.09. The Morgan fingerprint density at radius 2 is 1.90 bits per heavy atom. The molecule has 0 saturated carbocycles. The third-order valence-electron chi connectivity index (χ3n) is 3.57. The highest BCUT2D eigenvalue weighted by Gasteiger charge is 2.22. The van der Waals surface area contributed by atoms with Crippen LogP contribution in [-0.2, 0) is 4.79 Å². The summed E-state index contributed by atoms with van der Waals surface area (Å²) in [7, 11) is 0. The molecule has 20 heavy (non-hydrogen) atoms. The van der Waals surface area contributed by atoms with Crippen LogP contribution in [0.15, 0.2) is 24.3 Å². The van der Waals surface area contributed by atoms with E-state index in [-0.39, 0.29) is 18.4 Å². The SMILES string of the molecule is CCN(CC)c1ccc(C(=O)N2CCNC(=O)C2)cc1. The molecule has 0 aromatic heterocycles. The first kappa shape index (κ1) is 14.4. The van der Waals surface area contributed by atoms with Gasteiger partial charge >= 0.3 is 0 Å². The van der Waals surface area contributed by atoms with Crippen molar-refractivity contribution in [2.75, 3.05) is 37.6 Å². The molecule has 1 aromatic rings. The fourth-order valence-corrected chi connectivity index (χ4v) is 2.40. The van der Waals surface area contributed by atoms with E-state index in [1.54, 1.807) is 4.90 Å². The van der Waals surface area contributed by atoms with Gasteiger partial charge in [0.05, 0.1) is 6.54 Å². The van der Waals surface area contributed by atoms with Crippen LogP contribution in [0.3, 0.4) is 0 Å². The van der Waals surface area contributed by atoms with Crippen LogP contribution in [-0.4, -0.2) is 49.4 Å². The maximum Gasteiger partial charge on any atom is 0.254 e. The Kier molecular flexibility index (Phi) is 4.61. The first-order valence-corrected chi connectivity index (χ1v) is 7.06. The lowest BCUT2D eigenvalue weighted by Gasteiger charge is -2.27. The molecule has 0 bridgehead atoms. The predicted molar refractivity (Wildman–Crippen MR) is 78.9 cm³/mol. The van der Waals surface area contributed by atoms with Gasteiger partial charge in [-0.1, -0.05) is 0 Å². The van der Waals surface area contributed by atoms with Crippen LogP contribution < -0.4 is 10.2 Å². The number of carbonyl (C=O) groups excluding carboxylic acids is 2. The first-order valence-electron chi connectivity index (χ1n) is 7.06. The molecular formula is C15H21N3O2. The molecule has 2 amide bonds. The van der Waals surface area contributed by atoms with Crippen molar-refractivity contribution < 1.29 is 9.59 Å². The molecule has 0 atom stereocenters. The minimum Gasteiger partial charge on any atom is -0.372 e. The number of nitrogens with one attached hydrogen (secondary N) is 1. The normalized spacial score (nSPS) is 14.9. The fraction of sp³-hybridized carbons (Fsp3) is 0.467. The molecular weight excluding hydrogens is 254 g/mol. The highest BCUT2D eigenvalue weighted by Crippen LogP contribution is 2.16. The summed E-state index contributed by atoms with van der Waals surface area (Å²) in [6.45, 7) is 7.34. The monoisotopic (exact) mass is 275 g/mol. The van der Waals surface area contributed by atoms with Crippen LogP contribution in [0, 0.1) is 0 Å². The highest BCUT2D eigenvalue weighted by atomic mass is 16.2. The Bertz CT molecular complexity index is 480. The summed E-state index contributed by atoms with van der Waals surface area (Å²) in [5.41, 5.74) is 1.75. The van der Waals surface area contributed by atoms with Crippen molar-refractivity contribution in [3.8, 4) is 0 Å². The molecule has 108 valence electrons. The van der Waals surface area contributed by atoms with Crippen molar-refractivity contribution in [3.05, 3.63) is 29.8 Å². The number of rotatable bonds is 4. The van der Waals surface area contributed by atoms with Crippen LogP contribution in [0.1, 0.15) is 24.2 Å². The maximum absolute atomic E-state index is 12.3. The smallest absolute Gasteiger partial charge is 0.254 e. The van der Waals surface area contributed by atoms with Crippen molar-refractivity contribution in [2.45, 2.75) is 13.8 Å². The Hall–Kier alpha value is -2.04. The van der Waals surface area contributed by atoms with Gasteiger partial charge in [0, 0.05) is 37.4 Å². The molecule has 0 unspecified atom stereocenters. The summed E-state index contributed by atoms with van der Waals surface area (Å²) in [5.74, 6) is -0.171. The Morgan fingerprint density at radius 1 is 1.25 bits per heavy atom. The number of nitrogens with zero attached hydrogens (tertiary/aromatic N) is 2. The van der Waals surface area contributed by atoms with Gasteiger partial charge in [0.2, 0.25) is 5.91 Å². The number of anilines is 1. The van der Waals surface area contributed by atoms with Gasteiger partial charge in [0.25, 0.3) is 5.91 Å². The molecule has 5 nitrogen and oxygen atoms in total. The molecule has 0 spiro atoms. The predicted octanol–water partition coefficient (Wildman–Crippen LogP) is 1.10.